The molecule has 1 aromatic rings. The van der Waals surface area contributed by atoms with Crippen molar-refractivity contribution < 1.29 is 9.53 Å². The molecule has 2 N–H and O–H groups in total. The molecule has 2 aliphatic heterocycles. The van der Waals surface area contributed by atoms with Gasteiger partial charge in [-0.2, -0.15) is 5.10 Å². The third-order valence-corrected chi connectivity index (χ3v) is 4.60. The summed E-state index contributed by atoms with van der Waals surface area (Å²) in [6, 6.07) is 1.88. The summed E-state index contributed by atoms with van der Waals surface area (Å²) in [5, 5.41) is 10.8. The molecule has 0 aromatic carbocycles. The third-order valence-electron chi connectivity index (χ3n) is 4.60. The van der Waals surface area contributed by atoms with Crippen LogP contribution in [0.15, 0.2) is 18.5 Å². The number of amides is 1. The first-order valence-corrected chi connectivity index (χ1v) is 7.88. The average Bonchev–Trinajstić information content (AvgIpc) is 3.09. The second-order valence-electron chi connectivity index (χ2n) is 6.03. The Kier molecular flexibility index (Phi) is 6.23. The molecule has 1 aromatic heterocycles. The number of hydrogen-bond acceptors (Lipinski definition) is 4. The lowest BCUT2D eigenvalue weighted by Crippen LogP contribution is -2.55. The van der Waals surface area contributed by atoms with Gasteiger partial charge in [0, 0.05) is 25.5 Å². The van der Waals surface area contributed by atoms with Crippen molar-refractivity contribution in [3.05, 3.63) is 18.5 Å². The standard InChI is InChI=1S/C15H24N4O2.ClH/c20-14(17-11-13-3-1-10-21-12-13)15(4-7-16-8-5-15)19-9-2-6-18-19;/h2,6,9,13,16H,1,3-5,7-8,10-12H2,(H,17,20);1H. The smallest absolute Gasteiger partial charge is 0.248 e. The molecule has 3 heterocycles. The van der Waals surface area contributed by atoms with Gasteiger partial charge in [0.05, 0.1) is 6.61 Å². The van der Waals surface area contributed by atoms with Crippen LogP contribution < -0.4 is 10.6 Å². The van der Waals surface area contributed by atoms with Gasteiger partial charge in [0.15, 0.2) is 0 Å². The van der Waals surface area contributed by atoms with Gasteiger partial charge in [0.25, 0.3) is 0 Å². The zero-order chi connectivity index (χ0) is 14.5. The average molecular weight is 329 g/mol. The molecule has 1 amide bonds. The third kappa shape index (κ3) is 3.62. The highest BCUT2D eigenvalue weighted by Crippen LogP contribution is 2.27. The molecule has 3 rings (SSSR count). The molecule has 6 nitrogen and oxygen atoms in total. The Morgan fingerprint density at radius 2 is 2.27 bits per heavy atom. The number of nitrogens with zero attached hydrogens (tertiary/aromatic N) is 2. The van der Waals surface area contributed by atoms with Crippen LogP contribution in [0, 0.1) is 5.92 Å². The van der Waals surface area contributed by atoms with Crippen LogP contribution in [0.4, 0.5) is 0 Å². The molecule has 0 aliphatic carbocycles. The van der Waals surface area contributed by atoms with E-state index < -0.39 is 5.54 Å². The van der Waals surface area contributed by atoms with Crippen LogP contribution in [0.25, 0.3) is 0 Å². The first-order valence-electron chi connectivity index (χ1n) is 7.88. The van der Waals surface area contributed by atoms with E-state index in [0.29, 0.717) is 12.5 Å². The van der Waals surface area contributed by atoms with Gasteiger partial charge in [-0.05, 0) is 50.8 Å². The molecule has 2 aliphatic rings. The quantitative estimate of drug-likeness (QED) is 0.862. The van der Waals surface area contributed by atoms with Crippen molar-refractivity contribution in [3.63, 3.8) is 0 Å². The lowest BCUT2D eigenvalue weighted by atomic mass is 9.87. The van der Waals surface area contributed by atoms with Crippen LogP contribution in [0.5, 0.6) is 0 Å². The minimum Gasteiger partial charge on any atom is -0.381 e. The number of nitrogens with one attached hydrogen (secondary N) is 2. The van der Waals surface area contributed by atoms with Crippen molar-refractivity contribution in [2.24, 2.45) is 5.92 Å². The molecule has 7 heteroatoms. The Hall–Kier alpha value is -1.11. The van der Waals surface area contributed by atoms with Crippen LogP contribution in [0.1, 0.15) is 25.7 Å². The zero-order valence-corrected chi connectivity index (χ0v) is 13.6. The van der Waals surface area contributed by atoms with Gasteiger partial charge in [0.2, 0.25) is 5.91 Å². The summed E-state index contributed by atoms with van der Waals surface area (Å²) < 4.78 is 7.31. The normalized spacial score (nSPS) is 24.3. The van der Waals surface area contributed by atoms with Gasteiger partial charge in [-0.1, -0.05) is 0 Å². The van der Waals surface area contributed by atoms with Crippen LogP contribution in [-0.4, -0.2) is 48.5 Å². The van der Waals surface area contributed by atoms with Gasteiger partial charge < -0.3 is 15.4 Å². The van der Waals surface area contributed by atoms with E-state index in [-0.39, 0.29) is 18.3 Å². The van der Waals surface area contributed by atoms with Gasteiger partial charge in [-0.3, -0.25) is 9.48 Å². The van der Waals surface area contributed by atoms with Crippen LogP contribution in [0.3, 0.4) is 0 Å². The molecular formula is C15H25ClN4O2. The molecule has 1 unspecified atom stereocenters. The maximum atomic E-state index is 12.8. The summed E-state index contributed by atoms with van der Waals surface area (Å²) in [5.74, 6) is 0.539. The topological polar surface area (TPSA) is 68.2 Å². The van der Waals surface area contributed by atoms with Crippen molar-refractivity contribution in [3.8, 4) is 0 Å². The molecule has 1 atom stereocenters. The predicted octanol–water partition coefficient (Wildman–Crippen LogP) is 0.926. The molecule has 0 spiro atoms. The second kappa shape index (κ2) is 7.94. The minimum atomic E-state index is -0.537. The molecule has 22 heavy (non-hydrogen) atoms. The SMILES string of the molecule is Cl.O=C(NCC1CCCOC1)C1(n2cccn2)CCNCC1. The fraction of sp³-hybridized carbons (Fsp3) is 0.733. The minimum absolute atomic E-state index is 0. The molecule has 2 fully saturated rings. The first-order chi connectivity index (χ1) is 10.3. The van der Waals surface area contributed by atoms with E-state index >= 15 is 0 Å². The lowest BCUT2D eigenvalue weighted by molar-refractivity contribution is -0.132. The Morgan fingerprint density at radius 1 is 1.45 bits per heavy atom. The predicted molar refractivity (Wildman–Crippen MR) is 86.1 cm³/mol. The fourth-order valence-corrected chi connectivity index (χ4v) is 3.29. The second-order valence-corrected chi connectivity index (χ2v) is 6.03. The van der Waals surface area contributed by atoms with E-state index in [9.17, 15) is 4.79 Å². The molecule has 0 radical (unpaired) electrons. The zero-order valence-electron chi connectivity index (χ0n) is 12.8. The number of piperidine rings is 1. The maximum absolute atomic E-state index is 12.8. The van der Waals surface area contributed by atoms with Crippen molar-refractivity contribution >= 4 is 18.3 Å². The molecule has 2 saturated heterocycles. The Labute approximate surface area is 137 Å². The van der Waals surface area contributed by atoms with E-state index in [1.807, 2.05) is 16.9 Å². The van der Waals surface area contributed by atoms with Crippen molar-refractivity contribution in [1.82, 2.24) is 20.4 Å². The van der Waals surface area contributed by atoms with E-state index in [1.54, 1.807) is 6.20 Å². The monoisotopic (exact) mass is 328 g/mol. The number of rotatable bonds is 4. The summed E-state index contributed by atoms with van der Waals surface area (Å²) >= 11 is 0. The van der Waals surface area contributed by atoms with Crippen molar-refractivity contribution in [2.45, 2.75) is 31.2 Å². The van der Waals surface area contributed by atoms with E-state index in [1.165, 1.54) is 0 Å². The fourth-order valence-electron chi connectivity index (χ4n) is 3.29. The summed E-state index contributed by atoms with van der Waals surface area (Å²) in [5.41, 5.74) is -0.537. The van der Waals surface area contributed by atoms with Crippen molar-refractivity contribution in [2.75, 3.05) is 32.8 Å². The van der Waals surface area contributed by atoms with Gasteiger partial charge in [0.1, 0.15) is 5.54 Å². The highest BCUT2D eigenvalue weighted by atomic mass is 35.5. The van der Waals surface area contributed by atoms with Gasteiger partial charge >= 0.3 is 0 Å². The summed E-state index contributed by atoms with van der Waals surface area (Å²) in [4.78, 5) is 12.8. The summed E-state index contributed by atoms with van der Waals surface area (Å²) in [6.45, 7) is 4.01. The highest BCUT2D eigenvalue weighted by molar-refractivity contribution is 5.85. The number of aromatic nitrogens is 2. The largest absolute Gasteiger partial charge is 0.381 e. The Morgan fingerprint density at radius 3 is 2.91 bits per heavy atom. The first kappa shape index (κ1) is 17.2. The number of hydrogen-bond donors (Lipinski definition) is 2. The summed E-state index contributed by atoms with van der Waals surface area (Å²) in [7, 11) is 0. The Bertz CT molecular complexity index is 454. The van der Waals surface area contributed by atoms with Crippen LogP contribution in [-0.2, 0) is 15.1 Å². The molecule has 0 bridgehead atoms. The highest BCUT2D eigenvalue weighted by Gasteiger charge is 2.41. The van der Waals surface area contributed by atoms with E-state index in [4.69, 9.17) is 4.74 Å². The molecular weight excluding hydrogens is 304 g/mol. The molecule has 124 valence electrons. The maximum Gasteiger partial charge on any atom is 0.248 e. The summed E-state index contributed by atoms with van der Waals surface area (Å²) in [6.07, 6.45) is 7.43. The Balaban J connectivity index is 0.00000176. The number of halogens is 1. The number of carbonyl (C=O) groups excluding carboxylic acids is 1. The molecule has 0 saturated carbocycles. The lowest BCUT2D eigenvalue weighted by Gasteiger charge is -2.37. The number of carbonyl (C=O) groups is 1. The van der Waals surface area contributed by atoms with Crippen LogP contribution >= 0.6 is 12.4 Å². The van der Waals surface area contributed by atoms with Crippen molar-refractivity contribution in [1.29, 1.82) is 0 Å². The van der Waals surface area contributed by atoms with E-state index in [0.717, 1.165) is 52.0 Å². The number of ether oxygens (including phenoxy) is 1. The van der Waals surface area contributed by atoms with Gasteiger partial charge in [-0.25, -0.2) is 0 Å². The van der Waals surface area contributed by atoms with Crippen LogP contribution in [0.2, 0.25) is 0 Å². The van der Waals surface area contributed by atoms with E-state index in [2.05, 4.69) is 15.7 Å². The van der Waals surface area contributed by atoms with Gasteiger partial charge in [-0.15, -0.1) is 12.4 Å².